The van der Waals surface area contributed by atoms with E-state index in [1.54, 1.807) is 0 Å². The van der Waals surface area contributed by atoms with E-state index in [4.69, 9.17) is 25.8 Å². The summed E-state index contributed by atoms with van der Waals surface area (Å²) >= 11 is 6.51. The van der Waals surface area contributed by atoms with Crippen LogP contribution >= 0.6 is 11.6 Å². The molecular weight excluding hydrogens is 683 g/mol. The van der Waals surface area contributed by atoms with Gasteiger partial charge in [-0.3, -0.25) is 14.1 Å². The number of fused-ring (bicyclic) bond motifs is 1. The van der Waals surface area contributed by atoms with Gasteiger partial charge in [-0.15, -0.1) is 13.2 Å². The fourth-order valence-corrected chi connectivity index (χ4v) is 8.61. The molecule has 17 heteroatoms. The fourth-order valence-electron chi connectivity index (χ4n) is 6.88. The van der Waals surface area contributed by atoms with Gasteiger partial charge in [0.05, 0.1) is 45.2 Å². The molecule has 4 atom stereocenters. The average Bonchev–Trinajstić information content (AvgIpc) is 3.49. The molecular formula is C31H32ClF3N3O9S+. The van der Waals surface area contributed by atoms with Gasteiger partial charge in [0.1, 0.15) is 34.8 Å². The van der Waals surface area contributed by atoms with Crippen molar-refractivity contribution in [1.29, 1.82) is 0 Å². The number of nitrogens with zero attached hydrogens (tertiary/aromatic N) is 2. The van der Waals surface area contributed by atoms with Crippen LogP contribution in [0.25, 0.3) is 0 Å². The van der Waals surface area contributed by atoms with Crippen molar-refractivity contribution >= 4 is 39.1 Å². The standard InChI is InChI=1S/C31H31ClF3N3O9S/c1-36-28(40)24-13-18(39)16-38(24,2)30(22-14-19(44-3)7-10-25(22)46-5)21-12-17(32)6-9-23(21)37(29(30)41)48(42,43)27-11-8-20(45-4)15-26(27)47-31(33,34)35/h6-12,14-15,18,24,39H,13,16H2,1-5H3/p+1/t18-,24+,30?,38?/m1/s1. The lowest BCUT2D eigenvalue weighted by molar-refractivity contribution is -0.953. The van der Waals surface area contributed by atoms with Gasteiger partial charge in [0.2, 0.25) is 5.54 Å². The Morgan fingerprint density at radius 3 is 2.25 bits per heavy atom. The number of alkyl halides is 3. The Kier molecular flexibility index (Phi) is 9.01. The summed E-state index contributed by atoms with van der Waals surface area (Å²) in [5.74, 6) is -2.75. The lowest BCUT2D eigenvalue weighted by Crippen LogP contribution is -2.69. The van der Waals surface area contributed by atoms with Crippen molar-refractivity contribution < 1.29 is 59.7 Å². The van der Waals surface area contributed by atoms with Crippen LogP contribution in [-0.4, -0.2) is 90.3 Å². The minimum Gasteiger partial charge on any atom is -0.497 e. The van der Waals surface area contributed by atoms with E-state index in [9.17, 15) is 31.5 Å². The molecule has 2 unspecified atom stereocenters. The first kappa shape index (κ1) is 35.1. The SMILES string of the molecule is CNC(=O)[C@@H]1C[C@@H](O)C[N+]1(C)C1(c2cc(OC)ccc2OC)C(=O)N(S(=O)(=O)c2ccc(OC)cc2OC(F)(F)F)c2ccc(Cl)cc21. The van der Waals surface area contributed by atoms with E-state index in [0.29, 0.717) is 4.31 Å². The van der Waals surface area contributed by atoms with Crippen LogP contribution in [0.3, 0.4) is 0 Å². The second-order valence-corrected chi connectivity index (χ2v) is 13.5. The first-order chi connectivity index (χ1) is 22.5. The number of nitrogens with one attached hydrogen (secondary N) is 1. The molecule has 2 aliphatic rings. The second-order valence-electron chi connectivity index (χ2n) is 11.3. The summed E-state index contributed by atoms with van der Waals surface area (Å²) in [7, 11) is 1.48. The number of carbonyl (C=O) groups excluding carboxylic acids is 2. The normalized spacial score (nSPS) is 23.9. The van der Waals surface area contributed by atoms with Crippen LogP contribution in [-0.2, 0) is 25.2 Å². The summed E-state index contributed by atoms with van der Waals surface area (Å²) < 4.78 is 90.1. The Labute approximate surface area is 279 Å². The molecule has 5 rings (SSSR count). The molecule has 0 saturated carbocycles. The van der Waals surface area contributed by atoms with Crippen LogP contribution in [0.2, 0.25) is 5.02 Å². The highest BCUT2D eigenvalue weighted by molar-refractivity contribution is 7.93. The highest BCUT2D eigenvalue weighted by atomic mass is 35.5. The monoisotopic (exact) mass is 714 g/mol. The zero-order chi connectivity index (χ0) is 35.4. The number of aliphatic hydroxyl groups is 1. The van der Waals surface area contributed by atoms with Gasteiger partial charge < -0.3 is 29.4 Å². The van der Waals surface area contributed by atoms with E-state index >= 15 is 4.79 Å². The first-order valence-electron chi connectivity index (χ1n) is 14.3. The van der Waals surface area contributed by atoms with E-state index in [-0.39, 0.29) is 52.1 Å². The molecule has 0 bridgehead atoms. The molecule has 1 saturated heterocycles. The first-order valence-corrected chi connectivity index (χ1v) is 16.1. The van der Waals surface area contributed by atoms with E-state index in [1.807, 2.05) is 0 Å². The van der Waals surface area contributed by atoms with E-state index in [2.05, 4.69) is 10.1 Å². The number of amides is 2. The second kappa shape index (κ2) is 12.3. The van der Waals surface area contributed by atoms with Crippen molar-refractivity contribution in [3.8, 4) is 23.0 Å². The summed E-state index contributed by atoms with van der Waals surface area (Å²) in [6, 6.07) is 9.87. The maximum atomic E-state index is 15.4. The van der Waals surface area contributed by atoms with Crippen molar-refractivity contribution in [2.75, 3.05) is 46.3 Å². The lowest BCUT2D eigenvalue weighted by Gasteiger charge is -2.48. The number of hydrogen-bond acceptors (Lipinski definition) is 9. The van der Waals surface area contributed by atoms with Crippen molar-refractivity contribution in [2.45, 2.75) is 35.4 Å². The van der Waals surface area contributed by atoms with Gasteiger partial charge in [-0.1, -0.05) is 11.6 Å². The van der Waals surface area contributed by atoms with Crippen LogP contribution < -0.4 is 28.6 Å². The Morgan fingerprint density at radius 2 is 1.65 bits per heavy atom. The Bertz CT molecular complexity index is 1890. The molecule has 2 heterocycles. The molecule has 3 aromatic rings. The summed E-state index contributed by atoms with van der Waals surface area (Å²) in [6.45, 7) is -0.241. The Balaban J connectivity index is 1.92. The number of sulfonamides is 1. The molecule has 0 spiro atoms. The number of aliphatic hydroxyl groups excluding tert-OH is 1. The number of methoxy groups -OCH3 is 3. The number of ether oxygens (including phenoxy) is 4. The third-order valence-corrected chi connectivity index (χ3v) is 10.8. The Morgan fingerprint density at radius 1 is 1.00 bits per heavy atom. The Hall–Kier alpha value is -4.25. The predicted octanol–water partition coefficient (Wildman–Crippen LogP) is 3.57. The number of hydrogen-bond donors (Lipinski definition) is 2. The molecule has 12 nitrogen and oxygen atoms in total. The molecule has 2 N–H and O–H groups in total. The van der Waals surface area contributed by atoms with Crippen LogP contribution in [0.4, 0.5) is 18.9 Å². The molecule has 0 aliphatic carbocycles. The van der Waals surface area contributed by atoms with Gasteiger partial charge in [0, 0.05) is 24.6 Å². The van der Waals surface area contributed by atoms with Gasteiger partial charge >= 0.3 is 12.3 Å². The van der Waals surface area contributed by atoms with Gasteiger partial charge in [0.25, 0.3) is 15.9 Å². The molecule has 258 valence electrons. The average molecular weight is 715 g/mol. The summed E-state index contributed by atoms with van der Waals surface area (Å²) in [5.41, 5.74) is -2.46. The van der Waals surface area contributed by atoms with Gasteiger partial charge in [-0.2, -0.15) is 4.31 Å². The van der Waals surface area contributed by atoms with Crippen LogP contribution in [0.15, 0.2) is 59.5 Å². The zero-order valence-electron chi connectivity index (χ0n) is 26.3. The summed E-state index contributed by atoms with van der Waals surface area (Å²) in [6.07, 6.45) is -6.58. The number of anilines is 1. The number of halogens is 4. The van der Waals surface area contributed by atoms with Crippen LogP contribution in [0, 0.1) is 0 Å². The minimum absolute atomic E-state index is 0.0209. The van der Waals surface area contributed by atoms with Gasteiger partial charge in [-0.25, -0.2) is 8.42 Å². The van der Waals surface area contributed by atoms with E-state index < -0.39 is 61.0 Å². The molecule has 2 aliphatic heterocycles. The predicted molar refractivity (Wildman–Crippen MR) is 166 cm³/mol. The van der Waals surface area contributed by atoms with E-state index in [0.717, 1.165) is 25.3 Å². The molecule has 0 radical (unpaired) electrons. The highest BCUT2D eigenvalue weighted by Gasteiger charge is 2.72. The summed E-state index contributed by atoms with van der Waals surface area (Å²) in [4.78, 5) is 28.0. The van der Waals surface area contributed by atoms with Gasteiger partial charge in [-0.05, 0) is 48.5 Å². The number of quaternary nitrogens is 1. The number of carbonyl (C=O) groups is 2. The number of likely N-dealkylation sites (N-methyl/N-ethyl adjacent to an activating group) is 2. The number of rotatable bonds is 9. The minimum atomic E-state index is -5.32. The third kappa shape index (κ3) is 5.36. The molecule has 48 heavy (non-hydrogen) atoms. The van der Waals surface area contributed by atoms with Crippen molar-refractivity contribution in [3.05, 3.63) is 70.7 Å². The van der Waals surface area contributed by atoms with Crippen molar-refractivity contribution in [2.24, 2.45) is 0 Å². The number of likely N-dealkylation sites (tertiary alicyclic amines) is 1. The zero-order valence-corrected chi connectivity index (χ0v) is 27.9. The molecule has 3 aromatic carbocycles. The van der Waals surface area contributed by atoms with Crippen molar-refractivity contribution in [1.82, 2.24) is 5.32 Å². The number of benzene rings is 3. The fraction of sp³-hybridized carbons (Fsp3) is 0.355. The van der Waals surface area contributed by atoms with Gasteiger partial charge in [0.15, 0.2) is 11.8 Å². The van der Waals surface area contributed by atoms with Crippen LogP contribution in [0.5, 0.6) is 23.0 Å². The molecule has 0 aromatic heterocycles. The maximum absolute atomic E-state index is 15.4. The largest absolute Gasteiger partial charge is 0.573 e. The van der Waals surface area contributed by atoms with E-state index in [1.165, 1.54) is 64.7 Å². The maximum Gasteiger partial charge on any atom is 0.573 e. The quantitative estimate of drug-likeness (QED) is 0.319. The van der Waals surface area contributed by atoms with Crippen LogP contribution in [0.1, 0.15) is 17.5 Å². The third-order valence-electron chi connectivity index (χ3n) is 8.84. The topological polar surface area (TPSA) is 141 Å². The highest BCUT2D eigenvalue weighted by Crippen LogP contribution is 2.58. The van der Waals surface area contributed by atoms with Crippen molar-refractivity contribution in [3.63, 3.8) is 0 Å². The lowest BCUT2D eigenvalue weighted by atomic mass is 9.78. The molecule has 2 amide bonds. The smallest absolute Gasteiger partial charge is 0.497 e. The summed E-state index contributed by atoms with van der Waals surface area (Å²) in [5, 5.41) is 13.7. The molecule has 1 fully saturated rings.